The van der Waals surface area contributed by atoms with Gasteiger partial charge in [0.25, 0.3) is 0 Å². The molecule has 2 aromatic carbocycles. The number of carbonyl (C=O) groups is 1. The smallest absolute Gasteiger partial charge is 0.220 e. The van der Waals surface area contributed by atoms with E-state index in [1.54, 1.807) is 32.4 Å². The fourth-order valence-electron chi connectivity index (χ4n) is 2.54. The Morgan fingerprint density at radius 2 is 1.67 bits per heavy atom. The SMILES string of the molecule is COc1cc(CCC(=O)NCCOc2ccccc2F)cc(OC)c1OC. The first-order valence-electron chi connectivity index (χ1n) is 8.52. The summed E-state index contributed by atoms with van der Waals surface area (Å²) in [7, 11) is 4.63. The lowest BCUT2D eigenvalue weighted by Crippen LogP contribution is -2.28. The van der Waals surface area contributed by atoms with E-state index in [9.17, 15) is 9.18 Å². The van der Waals surface area contributed by atoms with Crippen LogP contribution in [0.4, 0.5) is 4.39 Å². The molecule has 1 amide bonds. The fraction of sp³-hybridized carbons (Fsp3) is 0.350. The van der Waals surface area contributed by atoms with Crippen LogP contribution < -0.4 is 24.3 Å². The number of nitrogens with one attached hydrogen (secondary N) is 1. The molecule has 0 saturated carbocycles. The monoisotopic (exact) mass is 377 g/mol. The lowest BCUT2D eigenvalue weighted by atomic mass is 10.1. The van der Waals surface area contributed by atoms with Crippen molar-refractivity contribution < 1.29 is 28.1 Å². The molecule has 0 bridgehead atoms. The number of aryl methyl sites for hydroxylation is 1. The lowest BCUT2D eigenvalue weighted by molar-refractivity contribution is -0.121. The Labute approximate surface area is 158 Å². The van der Waals surface area contributed by atoms with E-state index in [1.807, 2.05) is 12.1 Å². The maximum absolute atomic E-state index is 13.4. The zero-order valence-corrected chi connectivity index (χ0v) is 15.7. The van der Waals surface area contributed by atoms with Crippen LogP contribution in [-0.2, 0) is 11.2 Å². The van der Waals surface area contributed by atoms with Crippen molar-refractivity contribution in [3.05, 3.63) is 47.8 Å². The number of benzene rings is 2. The molecule has 0 aliphatic heterocycles. The Morgan fingerprint density at radius 3 is 2.26 bits per heavy atom. The van der Waals surface area contributed by atoms with Crippen LogP contribution in [0, 0.1) is 5.82 Å². The second-order valence-electron chi connectivity index (χ2n) is 5.66. The van der Waals surface area contributed by atoms with E-state index in [0.29, 0.717) is 36.6 Å². The molecule has 0 aliphatic carbocycles. The summed E-state index contributed by atoms with van der Waals surface area (Å²) in [6.45, 7) is 0.485. The van der Waals surface area contributed by atoms with E-state index in [-0.39, 0.29) is 18.3 Å². The molecular formula is C20H24FNO5. The van der Waals surface area contributed by atoms with E-state index < -0.39 is 5.82 Å². The summed E-state index contributed by atoms with van der Waals surface area (Å²) >= 11 is 0. The Hall–Kier alpha value is -2.96. The lowest BCUT2D eigenvalue weighted by Gasteiger charge is -2.14. The molecule has 0 unspecified atom stereocenters. The number of carbonyl (C=O) groups excluding carboxylic acids is 1. The highest BCUT2D eigenvalue weighted by Gasteiger charge is 2.13. The van der Waals surface area contributed by atoms with Gasteiger partial charge in [-0.05, 0) is 36.2 Å². The van der Waals surface area contributed by atoms with Crippen LogP contribution in [0.1, 0.15) is 12.0 Å². The van der Waals surface area contributed by atoms with Gasteiger partial charge in [0.15, 0.2) is 23.1 Å². The largest absolute Gasteiger partial charge is 0.493 e. The van der Waals surface area contributed by atoms with Crippen LogP contribution in [-0.4, -0.2) is 40.4 Å². The molecular weight excluding hydrogens is 353 g/mol. The van der Waals surface area contributed by atoms with Crippen LogP contribution in [0.2, 0.25) is 0 Å². The summed E-state index contributed by atoms with van der Waals surface area (Å²) in [6, 6.07) is 9.78. The highest BCUT2D eigenvalue weighted by Crippen LogP contribution is 2.38. The van der Waals surface area contributed by atoms with Gasteiger partial charge in [0, 0.05) is 6.42 Å². The Balaban J connectivity index is 1.80. The van der Waals surface area contributed by atoms with Crippen molar-refractivity contribution >= 4 is 5.91 Å². The van der Waals surface area contributed by atoms with E-state index in [0.717, 1.165) is 5.56 Å². The van der Waals surface area contributed by atoms with Crippen molar-refractivity contribution in [1.82, 2.24) is 5.32 Å². The van der Waals surface area contributed by atoms with Gasteiger partial charge in [0.1, 0.15) is 6.61 Å². The third-order valence-corrected chi connectivity index (χ3v) is 3.88. The topological polar surface area (TPSA) is 66.0 Å². The standard InChI is InChI=1S/C20H24FNO5/c1-24-17-12-14(13-18(25-2)20(17)26-3)8-9-19(23)22-10-11-27-16-7-5-4-6-15(16)21/h4-7,12-13H,8-11H2,1-3H3,(H,22,23). The van der Waals surface area contributed by atoms with E-state index in [1.165, 1.54) is 13.2 Å². The van der Waals surface area contributed by atoms with Gasteiger partial charge in [0.05, 0.1) is 27.9 Å². The predicted molar refractivity (Wildman–Crippen MR) is 99.3 cm³/mol. The van der Waals surface area contributed by atoms with E-state index >= 15 is 0 Å². The van der Waals surface area contributed by atoms with Crippen LogP contribution in [0.3, 0.4) is 0 Å². The maximum Gasteiger partial charge on any atom is 0.220 e. The van der Waals surface area contributed by atoms with Crippen LogP contribution in [0.25, 0.3) is 0 Å². The molecule has 0 aromatic heterocycles. The number of hydrogen-bond donors (Lipinski definition) is 1. The molecule has 7 heteroatoms. The van der Waals surface area contributed by atoms with Gasteiger partial charge in [-0.15, -0.1) is 0 Å². The van der Waals surface area contributed by atoms with Gasteiger partial charge >= 0.3 is 0 Å². The fourth-order valence-corrected chi connectivity index (χ4v) is 2.54. The molecule has 0 heterocycles. The van der Waals surface area contributed by atoms with Gasteiger partial charge in [0.2, 0.25) is 11.7 Å². The van der Waals surface area contributed by atoms with Crippen molar-refractivity contribution in [3.63, 3.8) is 0 Å². The molecule has 0 spiro atoms. The molecule has 0 aliphatic rings. The van der Waals surface area contributed by atoms with E-state index in [2.05, 4.69) is 5.32 Å². The van der Waals surface area contributed by atoms with Gasteiger partial charge in [-0.2, -0.15) is 0 Å². The average Bonchev–Trinajstić information content (AvgIpc) is 2.69. The quantitative estimate of drug-likeness (QED) is 0.645. The molecule has 2 aromatic rings. The molecule has 1 N–H and O–H groups in total. The minimum Gasteiger partial charge on any atom is -0.493 e. The molecule has 0 atom stereocenters. The number of para-hydroxylation sites is 1. The molecule has 0 saturated heterocycles. The average molecular weight is 377 g/mol. The van der Waals surface area contributed by atoms with Crippen LogP contribution >= 0.6 is 0 Å². The Morgan fingerprint density at radius 1 is 1.00 bits per heavy atom. The minimum absolute atomic E-state index is 0.124. The third-order valence-electron chi connectivity index (χ3n) is 3.88. The second-order valence-corrected chi connectivity index (χ2v) is 5.66. The highest BCUT2D eigenvalue weighted by atomic mass is 19.1. The van der Waals surface area contributed by atoms with Crippen molar-refractivity contribution in [2.45, 2.75) is 12.8 Å². The van der Waals surface area contributed by atoms with Gasteiger partial charge < -0.3 is 24.3 Å². The first-order chi connectivity index (χ1) is 13.1. The highest BCUT2D eigenvalue weighted by molar-refractivity contribution is 5.76. The van der Waals surface area contributed by atoms with Crippen molar-refractivity contribution in [2.24, 2.45) is 0 Å². The first-order valence-corrected chi connectivity index (χ1v) is 8.52. The van der Waals surface area contributed by atoms with Crippen molar-refractivity contribution in [1.29, 1.82) is 0 Å². The Bertz CT molecular complexity index is 741. The number of amides is 1. The van der Waals surface area contributed by atoms with Gasteiger partial charge in [-0.3, -0.25) is 4.79 Å². The zero-order chi connectivity index (χ0) is 19.6. The maximum atomic E-state index is 13.4. The number of hydrogen-bond acceptors (Lipinski definition) is 5. The molecule has 146 valence electrons. The molecule has 2 rings (SSSR count). The van der Waals surface area contributed by atoms with Crippen molar-refractivity contribution in [2.75, 3.05) is 34.5 Å². The minimum atomic E-state index is -0.425. The number of rotatable bonds is 10. The molecule has 0 radical (unpaired) electrons. The summed E-state index contributed by atoms with van der Waals surface area (Å²) < 4.78 is 34.6. The summed E-state index contributed by atoms with van der Waals surface area (Å²) in [4.78, 5) is 12.0. The van der Waals surface area contributed by atoms with Crippen molar-refractivity contribution in [3.8, 4) is 23.0 Å². The second kappa shape index (κ2) is 10.3. The van der Waals surface area contributed by atoms with Gasteiger partial charge in [-0.1, -0.05) is 12.1 Å². The summed E-state index contributed by atoms with van der Waals surface area (Å²) in [6.07, 6.45) is 0.801. The summed E-state index contributed by atoms with van der Waals surface area (Å²) in [5.41, 5.74) is 0.891. The summed E-state index contributed by atoms with van der Waals surface area (Å²) in [5.74, 6) is 1.23. The zero-order valence-electron chi connectivity index (χ0n) is 15.7. The van der Waals surface area contributed by atoms with Crippen LogP contribution in [0.5, 0.6) is 23.0 Å². The predicted octanol–water partition coefficient (Wildman–Crippen LogP) is 2.98. The normalized spacial score (nSPS) is 10.2. The number of halogens is 1. The number of methoxy groups -OCH3 is 3. The summed E-state index contributed by atoms with van der Waals surface area (Å²) in [5, 5.41) is 2.75. The number of ether oxygens (including phenoxy) is 4. The Kier molecular flexibility index (Phi) is 7.73. The third kappa shape index (κ3) is 5.77. The molecule has 0 fully saturated rings. The first kappa shape index (κ1) is 20.4. The van der Waals surface area contributed by atoms with Crippen LogP contribution in [0.15, 0.2) is 36.4 Å². The van der Waals surface area contributed by atoms with Gasteiger partial charge in [-0.25, -0.2) is 4.39 Å². The molecule has 27 heavy (non-hydrogen) atoms. The molecule has 6 nitrogen and oxygen atoms in total. The van der Waals surface area contributed by atoms with E-state index in [4.69, 9.17) is 18.9 Å².